The van der Waals surface area contributed by atoms with Crippen LogP contribution in [0.5, 0.6) is 0 Å². The molecule has 0 aromatic heterocycles. The molecule has 0 N–H and O–H groups in total. The third-order valence-corrected chi connectivity index (χ3v) is 10.2. The van der Waals surface area contributed by atoms with E-state index in [1.807, 2.05) is 0 Å². The molecule has 4 heteroatoms. The van der Waals surface area contributed by atoms with E-state index in [1.165, 1.54) is 70.3 Å². The maximum Gasteiger partial charge on any atom is 0.125 e. The van der Waals surface area contributed by atoms with Gasteiger partial charge in [-0.15, -0.1) is 6.58 Å². The van der Waals surface area contributed by atoms with Crippen LogP contribution in [0.3, 0.4) is 0 Å². The smallest absolute Gasteiger partial charge is 0.125 e. The molecular formula is C33H54F2S2. The lowest BCUT2D eigenvalue weighted by molar-refractivity contribution is 0.126. The summed E-state index contributed by atoms with van der Waals surface area (Å²) in [5, 5.41) is 0.656. The van der Waals surface area contributed by atoms with E-state index in [-0.39, 0.29) is 5.83 Å². The second kappa shape index (κ2) is 18.0. The third kappa shape index (κ3) is 11.7. The topological polar surface area (TPSA) is 0 Å². The van der Waals surface area contributed by atoms with Gasteiger partial charge in [0.1, 0.15) is 12.0 Å². The van der Waals surface area contributed by atoms with E-state index in [4.69, 9.17) is 0 Å². The molecule has 0 saturated heterocycles. The van der Waals surface area contributed by atoms with Crippen molar-refractivity contribution >= 4 is 25.3 Å². The standard InChI is InChI=1S/C25H43FS.C8H11FS/c1-3-19(14-17-25(26)23-6-4-18(2)5-7-23)20-8-10-21(11-9-20)22-12-15-24(27)16-13-22;1-3-8(9)7(2)5-4-6-10/h3,18-25,27H,1,4-17H2,2H3;3-5,10H,1,6H2,2H3/b;5-4-,8-7+. The summed E-state index contributed by atoms with van der Waals surface area (Å²) in [4.78, 5) is 0. The van der Waals surface area contributed by atoms with E-state index in [2.05, 4.69) is 51.4 Å². The largest absolute Gasteiger partial charge is 0.247 e. The third-order valence-electron chi connectivity index (χ3n) is 9.51. The highest BCUT2D eigenvalue weighted by Gasteiger charge is 2.33. The Kier molecular flexibility index (Phi) is 15.9. The van der Waals surface area contributed by atoms with E-state index in [9.17, 15) is 8.78 Å². The van der Waals surface area contributed by atoms with Crippen LogP contribution in [0.25, 0.3) is 0 Å². The second-order valence-corrected chi connectivity index (χ2v) is 13.2. The molecule has 37 heavy (non-hydrogen) atoms. The first-order chi connectivity index (χ1) is 17.8. The molecule has 0 aliphatic heterocycles. The zero-order valence-electron chi connectivity index (χ0n) is 23.6. The van der Waals surface area contributed by atoms with Gasteiger partial charge in [0.2, 0.25) is 0 Å². The van der Waals surface area contributed by atoms with Crippen LogP contribution in [-0.2, 0) is 0 Å². The van der Waals surface area contributed by atoms with Crippen molar-refractivity contribution in [1.82, 2.24) is 0 Å². The number of thiol groups is 2. The van der Waals surface area contributed by atoms with E-state index < -0.39 is 6.17 Å². The predicted octanol–water partition coefficient (Wildman–Crippen LogP) is 10.9. The zero-order valence-corrected chi connectivity index (χ0v) is 25.4. The van der Waals surface area contributed by atoms with Crippen LogP contribution in [0.4, 0.5) is 8.78 Å². The lowest BCUT2D eigenvalue weighted by Crippen LogP contribution is -2.28. The van der Waals surface area contributed by atoms with Gasteiger partial charge in [-0.1, -0.05) is 44.6 Å². The normalized spacial score (nSPS) is 33.0. The van der Waals surface area contributed by atoms with E-state index >= 15 is 0 Å². The first-order valence-electron chi connectivity index (χ1n) is 15.0. The van der Waals surface area contributed by atoms with Crippen molar-refractivity contribution in [3.8, 4) is 0 Å². The summed E-state index contributed by atoms with van der Waals surface area (Å²) in [7, 11) is 0. The number of rotatable bonds is 10. The van der Waals surface area contributed by atoms with Gasteiger partial charge in [-0.2, -0.15) is 25.3 Å². The van der Waals surface area contributed by atoms with E-state index in [0.29, 0.717) is 28.4 Å². The first-order valence-corrected chi connectivity index (χ1v) is 16.1. The Hall–Kier alpha value is -0.480. The molecule has 3 aliphatic rings. The van der Waals surface area contributed by atoms with Crippen molar-refractivity contribution in [3.05, 3.63) is 48.9 Å². The predicted molar refractivity (Wildman–Crippen MR) is 166 cm³/mol. The van der Waals surface area contributed by atoms with Gasteiger partial charge in [0, 0.05) is 11.0 Å². The van der Waals surface area contributed by atoms with Gasteiger partial charge in [-0.25, -0.2) is 8.78 Å². The molecule has 0 amide bonds. The second-order valence-electron chi connectivity index (χ2n) is 12.1. The minimum atomic E-state index is -0.576. The molecule has 3 fully saturated rings. The SMILES string of the molecule is C=C/C(F)=C(C)\C=C/CS.C=CC(CCC(F)C1CCC(C)CC1)C1CCC(C2CCC(S)CC2)CC1. The molecule has 0 radical (unpaired) electrons. The van der Waals surface area contributed by atoms with Crippen LogP contribution in [0.1, 0.15) is 104 Å². The molecule has 0 heterocycles. The monoisotopic (exact) mass is 552 g/mol. The fourth-order valence-corrected chi connectivity index (χ4v) is 7.27. The summed E-state index contributed by atoms with van der Waals surface area (Å²) in [5.74, 6) is 4.71. The molecule has 0 aromatic carbocycles. The quantitative estimate of drug-likeness (QED) is 0.150. The van der Waals surface area contributed by atoms with Crippen LogP contribution in [-0.4, -0.2) is 17.2 Å². The lowest BCUT2D eigenvalue weighted by atomic mass is 9.68. The van der Waals surface area contributed by atoms with Crippen LogP contribution in [0.2, 0.25) is 0 Å². The zero-order chi connectivity index (χ0) is 27.2. The van der Waals surface area contributed by atoms with Gasteiger partial charge in [0.05, 0.1) is 0 Å². The molecular weight excluding hydrogens is 498 g/mol. The van der Waals surface area contributed by atoms with E-state index in [0.717, 1.165) is 49.4 Å². The summed E-state index contributed by atoms with van der Waals surface area (Å²) in [6.07, 6.45) is 23.7. The van der Waals surface area contributed by atoms with Crippen molar-refractivity contribution < 1.29 is 8.78 Å². The van der Waals surface area contributed by atoms with Crippen LogP contribution in [0.15, 0.2) is 48.9 Å². The molecule has 3 aliphatic carbocycles. The first kappa shape index (κ1) is 32.7. The van der Waals surface area contributed by atoms with Gasteiger partial charge >= 0.3 is 0 Å². The molecule has 0 aromatic rings. The molecule has 2 atom stereocenters. The fourth-order valence-electron chi connectivity index (χ4n) is 6.87. The van der Waals surface area contributed by atoms with Crippen molar-refractivity contribution in [1.29, 1.82) is 0 Å². The highest BCUT2D eigenvalue weighted by molar-refractivity contribution is 7.81. The van der Waals surface area contributed by atoms with Gasteiger partial charge < -0.3 is 0 Å². The number of hydrogen-bond donors (Lipinski definition) is 2. The summed E-state index contributed by atoms with van der Waals surface area (Å²) < 4.78 is 27.3. The lowest BCUT2D eigenvalue weighted by Gasteiger charge is -2.39. The maximum atomic E-state index is 14.8. The average molecular weight is 553 g/mol. The molecule has 0 spiro atoms. The Morgan fingerprint density at radius 1 is 0.865 bits per heavy atom. The van der Waals surface area contributed by atoms with Crippen LogP contribution < -0.4 is 0 Å². The minimum Gasteiger partial charge on any atom is -0.247 e. The molecule has 212 valence electrons. The number of allylic oxidation sites excluding steroid dienone is 5. The Morgan fingerprint density at radius 2 is 1.41 bits per heavy atom. The summed E-state index contributed by atoms with van der Waals surface area (Å²) >= 11 is 8.60. The molecule has 0 nitrogen and oxygen atoms in total. The van der Waals surface area contributed by atoms with Crippen LogP contribution in [0, 0.1) is 35.5 Å². The summed E-state index contributed by atoms with van der Waals surface area (Å²) in [6.45, 7) is 11.4. The molecule has 3 rings (SSSR count). The van der Waals surface area contributed by atoms with Crippen molar-refractivity contribution in [2.75, 3.05) is 5.75 Å². The van der Waals surface area contributed by atoms with Gasteiger partial charge in [0.15, 0.2) is 0 Å². The number of hydrogen-bond acceptors (Lipinski definition) is 2. The number of halogens is 2. The number of alkyl halides is 1. The maximum absolute atomic E-state index is 14.8. The van der Waals surface area contributed by atoms with Gasteiger partial charge in [-0.3, -0.25) is 0 Å². The Bertz CT molecular complexity index is 706. The van der Waals surface area contributed by atoms with Gasteiger partial charge in [0.25, 0.3) is 0 Å². The Morgan fingerprint density at radius 3 is 1.92 bits per heavy atom. The van der Waals surface area contributed by atoms with Crippen LogP contribution >= 0.6 is 25.3 Å². The Balaban J connectivity index is 0.000000410. The minimum absolute atomic E-state index is 0.280. The van der Waals surface area contributed by atoms with Gasteiger partial charge in [-0.05, 0) is 131 Å². The highest BCUT2D eigenvalue weighted by Crippen LogP contribution is 2.44. The van der Waals surface area contributed by atoms with Crippen molar-refractivity contribution in [3.63, 3.8) is 0 Å². The molecule has 2 unspecified atom stereocenters. The Labute approximate surface area is 238 Å². The summed E-state index contributed by atoms with van der Waals surface area (Å²) in [6, 6.07) is 0. The fraction of sp³-hybridized carbons (Fsp3) is 0.758. The van der Waals surface area contributed by atoms with Crippen molar-refractivity contribution in [2.45, 2.75) is 115 Å². The summed E-state index contributed by atoms with van der Waals surface area (Å²) in [5.41, 5.74) is 0.587. The molecule has 3 saturated carbocycles. The average Bonchev–Trinajstić information content (AvgIpc) is 2.93. The van der Waals surface area contributed by atoms with E-state index in [1.54, 1.807) is 19.1 Å². The molecule has 0 bridgehead atoms. The highest BCUT2D eigenvalue weighted by atomic mass is 32.1. The van der Waals surface area contributed by atoms with Crippen molar-refractivity contribution in [2.24, 2.45) is 35.5 Å².